The minimum Gasteiger partial charge on any atom is -0.330 e. The third-order valence-corrected chi connectivity index (χ3v) is 6.50. The number of fused-ring (bicyclic) bond motifs is 1. The molecule has 0 saturated carbocycles. The SMILES string of the molecule is NCC(c1ccc2c(c1)CCCC2)C1CCN(Cc2ccccc2)CC1. The molecule has 1 fully saturated rings. The van der Waals surface area contributed by atoms with Gasteiger partial charge in [0.2, 0.25) is 0 Å². The maximum absolute atomic E-state index is 6.26. The van der Waals surface area contributed by atoms with Crippen molar-refractivity contribution in [2.75, 3.05) is 19.6 Å². The van der Waals surface area contributed by atoms with Crippen molar-refractivity contribution in [3.8, 4) is 0 Å². The fourth-order valence-corrected chi connectivity index (χ4v) is 4.94. The molecule has 1 atom stereocenters. The normalized spacial score (nSPS) is 19.9. The van der Waals surface area contributed by atoms with E-state index in [9.17, 15) is 0 Å². The van der Waals surface area contributed by atoms with Crippen molar-refractivity contribution < 1.29 is 0 Å². The zero-order valence-electron chi connectivity index (χ0n) is 15.9. The van der Waals surface area contributed by atoms with Crippen molar-refractivity contribution in [2.45, 2.75) is 51.0 Å². The van der Waals surface area contributed by atoms with Gasteiger partial charge in [-0.15, -0.1) is 0 Å². The Morgan fingerprint density at radius 2 is 1.65 bits per heavy atom. The fraction of sp³-hybridized carbons (Fsp3) is 0.500. The quantitative estimate of drug-likeness (QED) is 0.861. The summed E-state index contributed by atoms with van der Waals surface area (Å²) in [5.41, 5.74) is 12.3. The average Bonchev–Trinajstić information content (AvgIpc) is 2.70. The zero-order valence-corrected chi connectivity index (χ0v) is 15.9. The molecule has 0 amide bonds. The van der Waals surface area contributed by atoms with E-state index >= 15 is 0 Å². The molecular weight excluding hydrogens is 316 g/mol. The van der Waals surface area contributed by atoms with Crippen LogP contribution in [0.2, 0.25) is 0 Å². The Kier molecular flexibility index (Phi) is 5.72. The van der Waals surface area contributed by atoms with Gasteiger partial charge in [0.1, 0.15) is 0 Å². The second kappa shape index (κ2) is 8.37. The Morgan fingerprint density at radius 3 is 2.38 bits per heavy atom. The Labute approximate surface area is 158 Å². The van der Waals surface area contributed by atoms with E-state index in [-0.39, 0.29) is 0 Å². The van der Waals surface area contributed by atoms with E-state index in [1.165, 1.54) is 62.7 Å². The highest BCUT2D eigenvalue weighted by Gasteiger charge is 2.27. The molecule has 1 aliphatic carbocycles. The van der Waals surface area contributed by atoms with Gasteiger partial charge in [-0.1, -0.05) is 48.5 Å². The monoisotopic (exact) mass is 348 g/mol. The number of nitrogens with zero attached hydrogens (tertiary/aromatic N) is 1. The summed E-state index contributed by atoms with van der Waals surface area (Å²) in [5, 5.41) is 0. The smallest absolute Gasteiger partial charge is 0.0233 e. The molecule has 0 aromatic heterocycles. The van der Waals surface area contributed by atoms with E-state index in [1.54, 1.807) is 11.1 Å². The Morgan fingerprint density at radius 1 is 0.923 bits per heavy atom. The number of hydrogen-bond acceptors (Lipinski definition) is 2. The predicted molar refractivity (Wildman–Crippen MR) is 109 cm³/mol. The third kappa shape index (κ3) is 4.02. The van der Waals surface area contributed by atoms with E-state index < -0.39 is 0 Å². The summed E-state index contributed by atoms with van der Waals surface area (Å²) in [6, 6.07) is 18.1. The first-order chi connectivity index (χ1) is 12.8. The topological polar surface area (TPSA) is 29.3 Å². The van der Waals surface area contributed by atoms with Gasteiger partial charge in [0.05, 0.1) is 0 Å². The number of piperidine rings is 1. The summed E-state index contributed by atoms with van der Waals surface area (Å²) in [4.78, 5) is 2.60. The Balaban J connectivity index is 1.39. The van der Waals surface area contributed by atoms with Crippen LogP contribution in [0.25, 0.3) is 0 Å². The zero-order chi connectivity index (χ0) is 17.8. The van der Waals surface area contributed by atoms with Crippen LogP contribution in [-0.2, 0) is 19.4 Å². The number of hydrogen-bond donors (Lipinski definition) is 1. The van der Waals surface area contributed by atoms with Crippen molar-refractivity contribution in [3.63, 3.8) is 0 Å². The summed E-state index contributed by atoms with van der Waals surface area (Å²) in [6.07, 6.45) is 7.77. The molecule has 2 heteroatoms. The molecule has 26 heavy (non-hydrogen) atoms. The second-order valence-corrected chi connectivity index (χ2v) is 8.18. The number of aryl methyl sites for hydroxylation is 2. The summed E-state index contributed by atoms with van der Waals surface area (Å²) in [5.74, 6) is 1.26. The van der Waals surface area contributed by atoms with Crippen molar-refractivity contribution in [3.05, 3.63) is 70.8 Å². The highest BCUT2D eigenvalue weighted by Crippen LogP contribution is 2.34. The van der Waals surface area contributed by atoms with Crippen LogP contribution in [-0.4, -0.2) is 24.5 Å². The van der Waals surface area contributed by atoms with Crippen LogP contribution in [0.4, 0.5) is 0 Å². The van der Waals surface area contributed by atoms with Gasteiger partial charge in [0.25, 0.3) is 0 Å². The van der Waals surface area contributed by atoms with E-state index in [0.717, 1.165) is 19.0 Å². The Hall–Kier alpha value is -1.64. The molecule has 0 spiro atoms. The molecule has 0 radical (unpaired) electrons. The van der Waals surface area contributed by atoms with Crippen molar-refractivity contribution in [1.82, 2.24) is 4.90 Å². The molecule has 1 heterocycles. The molecule has 2 aromatic rings. The molecule has 2 nitrogen and oxygen atoms in total. The van der Waals surface area contributed by atoms with Crippen LogP contribution in [0, 0.1) is 5.92 Å². The maximum atomic E-state index is 6.26. The van der Waals surface area contributed by atoms with Crippen LogP contribution in [0.3, 0.4) is 0 Å². The first kappa shape index (κ1) is 17.8. The lowest BCUT2D eigenvalue weighted by Crippen LogP contribution is -2.36. The molecule has 138 valence electrons. The average molecular weight is 349 g/mol. The minimum absolute atomic E-state index is 0.529. The second-order valence-electron chi connectivity index (χ2n) is 8.18. The predicted octanol–water partition coefficient (Wildman–Crippen LogP) is 4.52. The van der Waals surface area contributed by atoms with E-state index in [0.29, 0.717) is 5.92 Å². The highest BCUT2D eigenvalue weighted by atomic mass is 15.1. The molecule has 1 saturated heterocycles. The molecular formula is C24H32N2. The molecule has 0 bridgehead atoms. The summed E-state index contributed by atoms with van der Waals surface area (Å²) >= 11 is 0. The van der Waals surface area contributed by atoms with Gasteiger partial charge in [-0.3, -0.25) is 4.90 Å². The largest absolute Gasteiger partial charge is 0.330 e. The van der Waals surface area contributed by atoms with Crippen LogP contribution in [0.5, 0.6) is 0 Å². The van der Waals surface area contributed by atoms with Gasteiger partial charge in [-0.2, -0.15) is 0 Å². The van der Waals surface area contributed by atoms with Crippen molar-refractivity contribution in [2.24, 2.45) is 11.7 Å². The number of nitrogens with two attached hydrogens (primary N) is 1. The lowest BCUT2D eigenvalue weighted by Gasteiger charge is -2.36. The lowest BCUT2D eigenvalue weighted by molar-refractivity contribution is 0.162. The lowest BCUT2D eigenvalue weighted by atomic mass is 9.78. The molecule has 1 unspecified atom stereocenters. The molecule has 1 aliphatic heterocycles. The van der Waals surface area contributed by atoms with Crippen molar-refractivity contribution in [1.29, 1.82) is 0 Å². The first-order valence-corrected chi connectivity index (χ1v) is 10.4. The fourth-order valence-electron chi connectivity index (χ4n) is 4.94. The van der Waals surface area contributed by atoms with Gasteiger partial charge in [0.15, 0.2) is 0 Å². The summed E-state index contributed by atoms with van der Waals surface area (Å²) in [7, 11) is 0. The van der Waals surface area contributed by atoms with Crippen LogP contribution < -0.4 is 5.73 Å². The standard InChI is InChI=1S/C24H32N2/c25-17-24(23-11-10-20-8-4-5-9-22(20)16-23)21-12-14-26(15-13-21)18-19-6-2-1-3-7-19/h1-3,6-7,10-11,16,21,24H,4-5,8-9,12-15,17-18,25H2. The summed E-state index contributed by atoms with van der Waals surface area (Å²) in [6.45, 7) is 4.25. The first-order valence-electron chi connectivity index (χ1n) is 10.4. The number of rotatable bonds is 5. The van der Waals surface area contributed by atoms with E-state index in [4.69, 9.17) is 5.73 Å². The van der Waals surface area contributed by atoms with Crippen LogP contribution in [0.1, 0.15) is 53.9 Å². The van der Waals surface area contributed by atoms with E-state index in [2.05, 4.69) is 53.4 Å². The van der Waals surface area contributed by atoms with Gasteiger partial charge >= 0.3 is 0 Å². The molecule has 2 N–H and O–H groups in total. The van der Waals surface area contributed by atoms with Crippen LogP contribution in [0.15, 0.2) is 48.5 Å². The van der Waals surface area contributed by atoms with Gasteiger partial charge < -0.3 is 5.73 Å². The van der Waals surface area contributed by atoms with Crippen LogP contribution >= 0.6 is 0 Å². The molecule has 2 aromatic carbocycles. The minimum atomic E-state index is 0.529. The summed E-state index contributed by atoms with van der Waals surface area (Å²) < 4.78 is 0. The van der Waals surface area contributed by atoms with Gasteiger partial charge in [-0.25, -0.2) is 0 Å². The molecule has 4 rings (SSSR count). The van der Waals surface area contributed by atoms with Gasteiger partial charge in [-0.05, 0) is 92.2 Å². The number of likely N-dealkylation sites (tertiary alicyclic amines) is 1. The Bertz CT molecular complexity index is 701. The number of benzene rings is 2. The third-order valence-electron chi connectivity index (χ3n) is 6.50. The maximum Gasteiger partial charge on any atom is 0.0233 e. The van der Waals surface area contributed by atoms with Crippen molar-refractivity contribution >= 4 is 0 Å². The van der Waals surface area contributed by atoms with E-state index in [1.807, 2.05) is 0 Å². The molecule has 2 aliphatic rings. The van der Waals surface area contributed by atoms with Gasteiger partial charge in [0, 0.05) is 6.54 Å². The highest BCUT2D eigenvalue weighted by molar-refractivity contribution is 5.36.